The molecule has 0 aliphatic rings. The summed E-state index contributed by atoms with van der Waals surface area (Å²) in [5.74, 6) is -2.79. The van der Waals surface area contributed by atoms with E-state index in [4.69, 9.17) is 5.11 Å². The monoisotopic (exact) mass is 255 g/mol. The van der Waals surface area contributed by atoms with E-state index in [1.165, 1.54) is 13.0 Å². The second-order valence-electron chi connectivity index (χ2n) is 4.77. The molecule has 0 saturated carbocycles. The second kappa shape index (κ2) is 5.82. The Balaban J connectivity index is 3.02. The van der Waals surface area contributed by atoms with Gasteiger partial charge in [-0.1, -0.05) is 13.0 Å². The zero-order chi connectivity index (χ0) is 13.9. The van der Waals surface area contributed by atoms with Crippen molar-refractivity contribution in [1.82, 2.24) is 4.90 Å². The van der Waals surface area contributed by atoms with Crippen LogP contribution >= 0.6 is 0 Å². The van der Waals surface area contributed by atoms with Gasteiger partial charge < -0.3 is 15.1 Å². The van der Waals surface area contributed by atoms with Crippen molar-refractivity contribution < 1.29 is 19.4 Å². The minimum atomic E-state index is -0.965. The molecule has 0 fully saturated rings. The smallest absolute Gasteiger partial charge is 0.306 e. The highest BCUT2D eigenvalue weighted by molar-refractivity contribution is 5.70. The molecule has 0 spiro atoms. The molecule has 0 bridgehead atoms. The zero-order valence-electron chi connectivity index (χ0n) is 10.8. The van der Waals surface area contributed by atoms with Crippen molar-refractivity contribution in [3.63, 3.8) is 0 Å². The van der Waals surface area contributed by atoms with E-state index < -0.39 is 23.5 Å². The van der Waals surface area contributed by atoms with E-state index in [2.05, 4.69) is 0 Å². The Bertz CT molecular complexity index is 446. The highest BCUT2D eigenvalue weighted by Crippen LogP contribution is 2.26. The first-order valence-corrected chi connectivity index (χ1v) is 5.69. The molecule has 0 aromatic heterocycles. The van der Waals surface area contributed by atoms with Crippen molar-refractivity contribution in [2.24, 2.45) is 5.92 Å². The standard InChI is InChI=1S/C13H18FNO3/c1-8(13(17)18)4-10-5-9(7-15(2)3)6-11(14)12(10)16/h5-6,8,16H,4,7H2,1-3H3,(H,17,18). The van der Waals surface area contributed by atoms with E-state index in [0.29, 0.717) is 17.7 Å². The normalized spacial score (nSPS) is 12.7. The van der Waals surface area contributed by atoms with Crippen LogP contribution in [-0.2, 0) is 17.8 Å². The van der Waals surface area contributed by atoms with E-state index in [1.807, 2.05) is 19.0 Å². The molecule has 1 unspecified atom stereocenters. The molecule has 1 aromatic rings. The lowest BCUT2D eigenvalue weighted by Crippen LogP contribution is -2.14. The second-order valence-corrected chi connectivity index (χ2v) is 4.77. The predicted octanol–water partition coefficient (Wildman–Crippen LogP) is 1.86. The lowest BCUT2D eigenvalue weighted by molar-refractivity contribution is -0.141. The van der Waals surface area contributed by atoms with Crippen LogP contribution in [0.4, 0.5) is 4.39 Å². The van der Waals surface area contributed by atoms with Crippen LogP contribution < -0.4 is 0 Å². The maximum Gasteiger partial charge on any atom is 0.306 e. The Kier molecular flexibility index (Phi) is 4.67. The maximum absolute atomic E-state index is 13.5. The van der Waals surface area contributed by atoms with Gasteiger partial charge in [-0.25, -0.2) is 4.39 Å². The number of rotatable bonds is 5. The number of carboxylic acids is 1. The highest BCUT2D eigenvalue weighted by atomic mass is 19.1. The number of aromatic hydroxyl groups is 1. The van der Waals surface area contributed by atoms with Gasteiger partial charge >= 0.3 is 5.97 Å². The Morgan fingerprint density at radius 1 is 1.44 bits per heavy atom. The summed E-state index contributed by atoms with van der Waals surface area (Å²) in [6, 6.07) is 2.92. The van der Waals surface area contributed by atoms with Gasteiger partial charge in [-0.05, 0) is 37.7 Å². The van der Waals surface area contributed by atoms with Gasteiger partial charge in [0.15, 0.2) is 11.6 Å². The number of hydrogen-bond acceptors (Lipinski definition) is 3. The largest absolute Gasteiger partial charge is 0.505 e. The number of phenolic OH excluding ortho intramolecular Hbond substituents is 1. The fourth-order valence-corrected chi connectivity index (χ4v) is 1.75. The number of phenols is 1. The molecule has 2 N–H and O–H groups in total. The lowest BCUT2D eigenvalue weighted by Gasteiger charge is -2.14. The molecule has 0 aliphatic heterocycles. The van der Waals surface area contributed by atoms with E-state index in [-0.39, 0.29) is 6.42 Å². The molecule has 5 heteroatoms. The number of aliphatic carboxylic acids is 1. The molecule has 100 valence electrons. The topological polar surface area (TPSA) is 60.8 Å². The number of nitrogens with zero attached hydrogens (tertiary/aromatic N) is 1. The third-order valence-corrected chi connectivity index (χ3v) is 2.65. The fraction of sp³-hybridized carbons (Fsp3) is 0.462. The summed E-state index contributed by atoms with van der Waals surface area (Å²) in [5.41, 5.74) is 1.05. The highest BCUT2D eigenvalue weighted by Gasteiger charge is 2.17. The van der Waals surface area contributed by atoms with Crippen LogP contribution in [0, 0.1) is 11.7 Å². The average molecular weight is 255 g/mol. The van der Waals surface area contributed by atoms with Crippen molar-refractivity contribution in [1.29, 1.82) is 0 Å². The van der Waals surface area contributed by atoms with Crippen LogP contribution in [-0.4, -0.2) is 35.2 Å². The molecule has 1 rings (SSSR count). The summed E-state index contributed by atoms with van der Waals surface area (Å²) in [6.45, 7) is 2.06. The summed E-state index contributed by atoms with van der Waals surface area (Å²) in [7, 11) is 3.70. The van der Waals surface area contributed by atoms with Crippen molar-refractivity contribution in [3.8, 4) is 5.75 Å². The van der Waals surface area contributed by atoms with E-state index >= 15 is 0 Å². The van der Waals surface area contributed by atoms with Gasteiger partial charge in [-0.3, -0.25) is 4.79 Å². The summed E-state index contributed by atoms with van der Waals surface area (Å²) in [4.78, 5) is 12.7. The third-order valence-electron chi connectivity index (χ3n) is 2.65. The number of hydrogen-bond donors (Lipinski definition) is 2. The van der Waals surface area contributed by atoms with E-state index in [1.54, 1.807) is 6.07 Å². The Labute approximate surface area is 106 Å². The van der Waals surface area contributed by atoms with Crippen LogP contribution in [0.2, 0.25) is 0 Å². The Hall–Kier alpha value is -1.62. The number of benzene rings is 1. The maximum atomic E-state index is 13.5. The SMILES string of the molecule is CC(Cc1cc(CN(C)C)cc(F)c1O)C(=O)O. The summed E-state index contributed by atoms with van der Waals surface area (Å²) >= 11 is 0. The molecule has 0 heterocycles. The number of halogens is 1. The van der Waals surface area contributed by atoms with Crippen LogP contribution in [0.25, 0.3) is 0 Å². The van der Waals surface area contributed by atoms with Gasteiger partial charge in [0, 0.05) is 6.54 Å². The molecule has 0 radical (unpaired) electrons. The first-order chi connectivity index (χ1) is 8.31. The molecule has 0 aliphatic carbocycles. The third kappa shape index (κ3) is 3.70. The van der Waals surface area contributed by atoms with Crippen molar-refractivity contribution >= 4 is 5.97 Å². The van der Waals surface area contributed by atoms with Gasteiger partial charge in [-0.2, -0.15) is 0 Å². The molecule has 0 saturated heterocycles. The van der Waals surface area contributed by atoms with E-state index in [0.717, 1.165) is 0 Å². The molecule has 1 aromatic carbocycles. The van der Waals surface area contributed by atoms with Crippen molar-refractivity contribution in [2.75, 3.05) is 14.1 Å². The molecule has 0 amide bonds. The first kappa shape index (κ1) is 14.4. The average Bonchev–Trinajstić information content (AvgIpc) is 2.24. The minimum absolute atomic E-state index is 0.110. The number of carboxylic acid groups (broad SMARTS) is 1. The van der Waals surface area contributed by atoms with Crippen molar-refractivity contribution in [3.05, 3.63) is 29.1 Å². The molecule has 1 atom stereocenters. The van der Waals surface area contributed by atoms with Crippen molar-refractivity contribution in [2.45, 2.75) is 19.9 Å². The van der Waals surface area contributed by atoms with Crippen LogP contribution in [0.5, 0.6) is 5.75 Å². The zero-order valence-corrected chi connectivity index (χ0v) is 10.8. The minimum Gasteiger partial charge on any atom is -0.505 e. The van der Waals surface area contributed by atoms with E-state index in [9.17, 15) is 14.3 Å². The Morgan fingerprint density at radius 3 is 2.56 bits per heavy atom. The fourth-order valence-electron chi connectivity index (χ4n) is 1.75. The van der Waals surface area contributed by atoms with Crippen LogP contribution in [0.15, 0.2) is 12.1 Å². The van der Waals surface area contributed by atoms with Gasteiger partial charge in [0.25, 0.3) is 0 Å². The van der Waals surface area contributed by atoms with Gasteiger partial charge in [0.2, 0.25) is 0 Å². The quantitative estimate of drug-likeness (QED) is 0.843. The lowest BCUT2D eigenvalue weighted by atomic mass is 9.98. The first-order valence-electron chi connectivity index (χ1n) is 5.69. The predicted molar refractivity (Wildman–Crippen MR) is 66.0 cm³/mol. The molecule has 4 nitrogen and oxygen atoms in total. The molecular formula is C13H18FNO3. The number of carbonyl (C=O) groups is 1. The van der Waals surface area contributed by atoms with Crippen LogP contribution in [0.1, 0.15) is 18.1 Å². The summed E-state index contributed by atoms with van der Waals surface area (Å²) in [6.07, 6.45) is 0.110. The van der Waals surface area contributed by atoms with Gasteiger partial charge in [0.1, 0.15) is 0 Å². The Morgan fingerprint density at radius 2 is 2.06 bits per heavy atom. The molecular weight excluding hydrogens is 237 g/mol. The van der Waals surface area contributed by atoms with Crippen LogP contribution in [0.3, 0.4) is 0 Å². The molecule has 18 heavy (non-hydrogen) atoms. The summed E-state index contributed by atoms with van der Waals surface area (Å²) < 4.78 is 13.5. The van der Waals surface area contributed by atoms with Gasteiger partial charge in [-0.15, -0.1) is 0 Å². The van der Waals surface area contributed by atoms with Gasteiger partial charge in [0.05, 0.1) is 5.92 Å². The summed E-state index contributed by atoms with van der Waals surface area (Å²) in [5, 5.41) is 18.4.